The van der Waals surface area contributed by atoms with E-state index in [9.17, 15) is 0 Å². The van der Waals surface area contributed by atoms with Crippen LogP contribution in [0.4, 0.5) is 5.69 Å². The summed E-state index contributed by atoms with van der Waals surface area (Å²) in [7, 11) is 2.34. The molecule has 4 atom stereocenters. The van der Waals surface area contributed by atoms with E-state index >= 15 is 0 Å². The molecule has 2 aliphatic carbocycles. The van der Waals surface area contributed by atoms with Crippen molar-refractivity contribution in [1.29, 1.82) is 0 Å². The fourth-order valence-corrected chi connectivity index (χ4v) is 4.86. The van der Waals surface area contributed by atoms with E-state index in [1.807, 2.05) is 0 Å². The molecular formula is C18H26N2. The maximum atomic E-state index is 3.61. The van der Waals surface area contributed by atoms with E-state index in [2.05, 4.69) is 41.5 Å². The monoisotopic (exact) mass is 270 g/mol. The molecule has 0 aromatic heterocycles. The second kappa shape index (κ2) is 5.07. The van der Waals surface area contributed by atoms with Crippen LogP contribution in [-0.4, -0.2) is 31.1 Å². The summed E-state index contributed by atoms with van der Waals surface area (Å²) in [6.45, 7) is 2.42. The van der Waals surface area contributed by atoms with Gasteiger partial charge in [-0.05, 0) is 62.1 Å². The Bertz CT molecular complexity index is 484. The molecule has 108 valence electrons. The van der Waals surface area contributed by atoms with E-state index in [1.54, 1.807) is 0 Å². The van der Waals surface area contributed by atoms with Gasteiger partial charge in [0.15, 0.2) is 0 Å². The predicted octanol–water partition coefficient (Wildman–Crippen LogP) is 3.39. The number of likely N-dealkylation sites (N-methyl/N-ethyl adjacent to an activating group) is 1. The van der Waals surface area contributed by atoms with Gasteiger partial charge in [-0.15, -0.1) is 0 Å². The number of fused-ring (bicyclic) bond motifs is 3. The van der Waals surface area contributed by atoms with Gasteiger partial charge >= 0.3 is 0 Å². The summed E-state index contributed by atoms with van der Waals surface area (Å²) >= 11 is 0. The second-order valence-corrected chi connectivity index (χ2v) is 7.27. The Morgan fingerprint density at radius 2 is 2.10 bits per heavy atom. The molecule has 1 heterocycles. The molecule has 3 aliphatic rings. The van der Waals surface area contributed by atoms with Crippen LogP contribution in [0.25, 0.3) is 0 Å². The maximum Gasteiger partial charge on any atom is 0.0373 e. The highest BCUT2D eigenvalue weighted by atomic mass is 15.2. The lowest BCUT2D eigenvalue weighted by Crippen LogP contribution is -2.44. The Balaban J connectivity index is 1.39. The van der Waals surface area contributed by atoms with Crippen LogP contribution in [-0.2, 0) is 6.42 Å². The summed E-state index contributed by atoms with van der Waals surface area (Å²) in [6, 6.07) is 9.45. The molecule has 1 aromatic rings. The van der Waals surface area contributed by atoms with Crippen LogP contribution < -0.4 is 5.32 Å². The van der Waals surface area contributed by atoms with Crippen molar-refractivity contribution in [3.63, 3.8) is 0 Å². The molecule has 0 amide bonds. The van der Waals surface area contributed by atoms with E-state index in [-0.39, 0.29) is 0 Å². The minimum atomic E-state index is 0.670. The molecule has 20 heavy (non-hydrogen) atoms. The van der Waals surface area contributed by atoms with Crippen molar-refractivity contribution in [2.24, 2.45) is 17.8 Å². The molecule has 4 unspecified atom stereocenters. The van der Waals surface area contributed by atoms with Crippen molar-refractivity contribution in [2.45, 2.75) is 38.1 Å². The molecular weight excluding hydrogens is 244 g/mol. The highest BCUT2D eigenvalue weighted by Gasteiger charge is 2.40. The minimum absolute atomic E-state index is 0.670. The molecule has 1 aromatic carbocycles. The third kappa shape index (κ3) is 2.24. The summed E-state index contributed by atoms with van der Waals surface area (Å²) in [5.41, 5.74) is 2.83. The van der Waals surface area contributed by atoms with Gasteiger partial charge in [0.1, 0.15) is 0 Å². The molecule has 0 radical (unpaired) electrons. The van der Waals surface area contributed by atoms with Gasteiger partial charge in [-0.3, -0.25) is 0 Å². The van der Waals surface area contributed by atoms with Crippen molar-refractivity contribution in [2.75, 3.05) is 25.5 Å². The van der Waals surface area contributed by atoms with Gasteiger partial charge in [0.25, 0.3) is 0 Å². The first-order chi connectivity index (χ1) is 9.79. The predicted molar refractivity (Wildman–Crippen MR) is 84.0 cm³/mol. The van der Waals surface area contributed by atoms with Crippen molar-refractivity contribution in [1.82, 2.24) is 4.90 Å². The largest absolute Gasteiger partial charge is 0.383 e. The molecule has 4 rings (SSSR count). The quantitative estimate of drug-likeness (QED) is 0.905. The molecule has 0 saturated heterocycles. The van der Waals surface area contributed by atoms with Crippen LogP contribution in [0.1, 0.15) is 31.2 Å². The highest BCUT2D eigenvalue weighted by Crippen LogP contribution is 2.48. The van der Waals surface area contributed by atoms with Crippen LogP contribution in [0.5, 0.6) is 0 Å². The van der Waals surface area contributed by atoms with Crippen LogP contribution in [0.15, 0.2) is 24.3 Å². The lowest BCUT2D eigenvalue weighted by molar-refractivity contribution is 0.175. The van der Waals surface area contributed by atoms with Crippen molar-refractivity contribution in [3.8, 4) is 0 Å². The van der Waals surface area contributed by atoms with Crippen LogP contribution in [0, 0.1) is 17.8 Å². The number of hydrogen-bond acceptors (Lipinski definition) is 2. The summed E-state index contributed by atoms with van der Waals surface area (Å²) in [4.78, 5) is 2.63. The molecule has 2 saturated carbocycles. The van der Waals surface area contributed by atoms with Gasteiger partial charge in [0.2, 0.25) is 0 Å². The number of hydrogen-bond donors (Lipinski definition) is 1. The topological polar surface area (TPSA) is 15.3 Å². The number of para-hydroxylation sites is 1. The molecule has 1 N–H and O–H groups in total. The van der Waals surface area contributed by atoms with E-state index in [0.29, 0.717) is 6.04 Å². The lowest BCUT2D eigenvalue weighted by Gasteiger charge is -2.36. The maximum absolute atomic E-state index is 3.61. The number of nitrogens with zero attached hydrogens (tertiary/aromatic N) is 1. The van der Waals surface area contributed by atoms with Gasteiger partial charge in [0.05, 0.1) is 0 Å². The van der Waals surface area contributed by atoms with E-state index in [1.165, 1.54) is 49.9 Å². The molecule has 2 fully saturated rings. The molecule has 2 heteroatoms. The Morgan fingerprint density at radius 3 is 2.90 bits per heavy atom. The Labute approximate surface area is 122 Å². The number of nitrogens with one attached hydrogen (secondary N) is 1. The normalized spacial score (nSPS) is 35.1. The Morgan fingerprint density at radius 1 is 1.20 bits per heavy atom. The first-order valence-corrected chi connectivity index (χ1v) is 8.31. The fourth-order valence-electron chi connectivity index (χ4n) is 4.86. The van der Waals surface area contributed by atoms with Crippen molar-refractivity contribution < 1.29 is 0 Å². The first-order valence-electron chi connectivity index (χ1n) is 8.31. The average molecular weight is 270 g/mol. The number of benzene rings is 1. The van der Waals surface area contributed by atoms with Crippen LogP contribution in [0.2, 0.25) is 0 Å². The van der Waals surface area contributed by atoms with Gasteiger partial charge in [-0.25, -0.2) is 0 Å². The van der Waals surface area contributed by atoms with Gasteiger partial charge in [-0.1, -0.05) is 24.6 Å². The van der Waals surface area contributed by atoms with Gasteiger partial charge in [-0.2, -0.15) is 0 Å². The number of anilines is 1. The standard InChI is InChI=1S/C18H26N2/c1-20(12-16-9-13-6-7-14(16)8-13)17-10-15-4-2-3-5-18(15)19-11-17/h2-5,13-14,16-17,19H,6-12H2,1H3. The van der Waals surface area contributed by atoms with E-state index in [0.717, 1.165) is 24.3 Å². The van der Waals surface area contributed by atoms with Crippen molar-refractivity contribution in [3.05, 3.63) is 29.8 Å². The van der Waals surface area contributed by atoms with Crippen molar-refractivity contribution >= 4 is 5.69 Å². The highest BCUT2D eigenvalue weighted by molar-refractivity contribution is 5.53. The second-order valence-electron chi connectivity index (χ2n) is 7.27. The van der Waals surface area contributed by atoms with Crippen LogP contribution in [0.3, 0.4) is 0 Å². The third-order valence-electron chi connectivity index (χ3n) is 6.03. The minimum Gasteiger partial charge on any atom is -0.383 e. The fraction of sp³-hybridized carbons (Fsp3) is 0.667. The molecule has 0 spiro atoms. The Hall–Kier alpha value is -1.02. The Kier molecular flexibility index (Phi) is 3.22. The average Bonchev–Trinajstić information content (AvgIpc) is 3.09. The van der Waals surface area contributed by atoms with Crippen LogP contribution >= 0.6 is 0 Å². The summed E-state index contributed by atoms with van der Waals surface area (Å²) < 4.78 is 0. The SMILES string of the molecule is CN(CC1CC2CCC1C2)C1CNc2ccccc2C1. The number of rotatable bonds is 3. The summed E-state index contributed by atoms with van der Waals surface area (Å²) in [6.07, 6.45) is 7.27. The zero-order valence-corrected chi connectivity index (χ0v) is 12.5. The molecule has 2 nitrogen and oxygen atoms in total. The third-order valence-corrected chi connectivity index (χ3v) is 6.03. The zero-order chi connectivity index (χ0) is 13.5. The lowest BCUT2D eigenvalue weighted by atomic mass is 9.88. The zero-order valence-electron chi connectivity index (χ0n) is 12.5. The van der Waals surface area contributed by atoms with E-state index in [4.69, 9.17) is 0 Å². The smallest absolute Gasteiger partial charge is 0.0373 e. The first kappa shape index (κ1) is 12.7. The van der Waals surface area contributed by atoms with Gasteiger partial charge in [0, 0.05) is 24.8 Å². The summed E-state index contributed by atoms with van der Waals surface area (Å²) in [5, 5.41) is 3.61. The summed E-state index contributed by atoms with van der Waals surface area (Å²) in [5.74, 6) is 3.10. The van der Waals surface area contributed by atoms with E-state index < -0.39 is 0 Å². The molecule has 1 aliphatic heterocycles. The van der Waals surface area contributed by atoms with Gasteiger partial charge < -0.3 is 10.2 Å². The molecule has 2 bridgehead atoms.